The van der Waals surface area contributed by atoms with Crippen LogP contribution in [0.3, 0.4) is 0 Å². The number of carbonyl (C=O) groups is 3. The van der Waals surface area contributed by atoms with E-state index in [1.807, 2.05) is 25.1 Å². The van der Waals surface area contributed by atoms with Gasteiger partial charge in [-0.05, 0) is 80.9 Å². The standard InChI is InChI=1S/C36H38O8/c1-20(38)22-5-4-6-26(15-22)42-25-10-7-21(8-11-25)33-43-31-17-28-27-12-9-23-16-24(39)13-14-34(23,2)32(27)29(40)18-35(28,3)36(31,44-33)30(41)19-37/h4-8,10-11,13-16,27-29,31-33,37,40H,9,12,17-19H2,1-3H3/t27-,28-,29-,31+,32+,33+,34-,35-,36+/m0/s1. The van der Waals surface area contributed by atoms with Gasteiger partial charge in [0.15, 0.2) is 29.2 Å². The summed E-state index contributed by atoms with van der Waals surface area (Å²) in [4.78, 5) is 37.7. The number of rotatable bonds is 6. The number of aliphatic hydroxyl groups excluding tert-OH is 2. The van der Waals surface area contributed by atoms with Crippen molar-refractivity contribution >= 4 is 17.3 Å². The molecular formula is C36H38O8. The molecule has 7 rings (SSSR count). The van der Waals surface area contributed by atoms with Crippen LogP contribution < -0.4 is 4.74 Å². The van der Waals surface area contributed by atoms with Crippen molar-refractivity contribution in [2.75, 3.05) is 6.61 Å². The quantitative estimate of drug-likeness (QED) is 0.431. The average Bonchev–Trinajstić information content (AvgIpc) is 3.50. The van der Waals surface area contributed by atoms with E-state index in [0.717, 1.165) is 18.4 Å². The molecule has 3 saturated carbocycles. The van der Waals surface area contributed by atoms with Gasteiger partial charge >= 0.3 is 0 Å². The number of allylic oxidation sites excluding steroid dienone is 4. The van der Waals surface area contributed by atoms with Gasteiger partial charge in [-0.15, -0.1) is 0 Å². The summed E-state index contributed by atoms with van der Waals surface area (Å²) < 4.78 is 19.2. The van der Waals surface area contributed by atoms with Crippen molar-refractivity contribution in [2.24, 2.45) is 28.6 Å². The van der Waals surface area contributed by atoms with Crippen molar-refractivity contribution in [1.82, 2.24) is 0 Å². The van der Waals surface area contributed by atoms with Crippen LogP contribution in [0, 0.1) is 28.6 Å². The van der Waals surface area contributed by atoms with Crippen LogP contribution in [0.15, 0.2) is 72.3 Å². The Bertz CT molecular complexity index is 1590. The van der Waals surface area contributed by atoms with Gasteiger partial charge in [0.05, 0.1) is 12.2 Å². The lowest BCUT2D eigenvalue weighted by molar-refractivity contribution is -0.201. The summed E-state index contributed by atoms with van der Waals surface area (Å²) in [6, 6.07) is 14.2. The third-order valence-electron chi connectivity index (χ3n) is 11.4. The minimum absolute atomic E-state index is 0.0106. The fourth-order valence-electron chi connectivity index (χ4n) is 9.44. The molecule has 4 fully saturated rings. The molecule has 0 bridgehead atoms. The van der Waals surface area contributed by atoms with Crippen molar-refractivity contribution in [2.45, 2.75) is 70.6 Å². The lowest BCUT2D eigenvalue weighted by Crippen LogP contribution is -2.63. The zero-order valence-electron chi connectivity index (χ0n) is 25.2. The highest BCUT2D eigenvalue weighted by atomic mass is 16.7. The first-order valence-corrected chi connectivity index (χ1v) is 15.5. The lowest BCUT2D eigenvalue weighted by Gasteiger charge is -2.59. The molecule has 4 aliphatic carbocycles. The third-order valence-corrected chi connectivity index (χ3v) is 11.4. The Morgan fingerprint density at radius 1 is 1.09 bits per heavy atom. The minimum Gasteiger partial charge on any atom is -0.457 e. The maximum atomic E-state index is 13.7. The van der Waals surface area contributed by atoms with Crippen LogP contribution in [0.1, 0.15) is 68.7 Å². The Morgan fingerprint density at radius 3 is 2.59 bits per heavy atom. The van der Waals surface area contributed by atoms with Gasteiger partial charge in [0, 0.05) is 27.9 Å². The van der Waals surface area contributed by atoms with E-state index in [-0.39, 0.29) is 29.3 Å². The van der Waals surface area contributed by atoms with Gasteiger partial charge in [-0.2, -0.15) is 0 Å². The Morgan fingerprint density at radius 2 is 1.86 bits per heavy atom. The molecule has 1 saturated heterocycles. The van der Waals surface area contributed by atoms with Gasteiger partial charge in [0.25, 0.3) is 0 Å². The Labute approximate surface area is 256 Å². The molecule has 0 aromatic heterocycles. The SMILES string of the molecule is CC(=O)c1cccc(Oc2ccc([C@@H]3O[C@@H]4C[C@H]5[C@@H]6CCC7=CC(=O)C=C[C@]7(C)[C@H]6[C@@H](O)C[C@]5(C)[C@]4(C(=O)CO)O3)cc2)c1. The molecule has 9 atom stereocenters. The van der Waals surface area contributed by atoms with Crippen molar-refractivity contribution in [1.29, 1.82) is 0 Å². The molecule has 2 N–H and O–H groups in total. The highest BCUT2D eigenvalue weighted by molar-refractivity contribution is 6.01. The van der Waals surface area contributed by atoms with Gasteiger partial charge in [-0.25, -0.2) is 0 Å². The normalized spacial score (nSPS) is 38.7. The van der Waals surface area contributed by atoms with Crippen LogP contribution in [0.25, 0.3) is 0 Å². The minimum atomic E-state index is -1.40. The first-order valence-electron chi connectivity index (χ1n) is 15.5. The number of fused-ring (bicyclic) bond motifs is 7. The monoisotopic (exact) mass is 598 g/mol. The maximum absolute atomic E-state index is 13.7. The molecule has 2 aromatic rings. The molecule has 1 heterocycles. The Hall–Kier alpha value is -3.43. The van der Waals surface area contributed by atoms with Crippen LogP contribution in [0.5, 0.6) is 11.5 Å². The molecule has 44 heavy (non-hydrogen) atoms. The molecule has 0 unspecified atom stereocenters. The highest BCUT2D eigenvalue weighted by Gasteiger charge is 2.75. The number of ketones is 3. The number of Topliss-reactive ketones (excluding diaryl/α,β-unsaturated/α-hetero) is 2. The van der Waals surface area contributed by atoms with Crippen LogP contribution in [-0.4, -0.2) is 52.0 Å². The first-order chi connectivity index (χ1) is 21.0. The molecule has 0 amide bonds. The molecular weight excluding hydrogens is 560 g/mol. The van der Waals surface area contributed by atoms with Crippen molar-refractivity contribution in [3.8, 4) is 11.5 Å². The van der Waals surface area contributed by atoms with Gasteiger partial charge in [-0.3, -0.25) is 14.4 Å². The third kappa shape index (κ3) is 4.15. The van der Waals surface area contributed by atoms with Crippen LogP contribution in [0.2, 0.25) is 0 Å². The average molecular weight is 599 g/mol. The fraction of sp³-hybridized carbons (Fsp3) is 0.472. The van der Waals surface area contributed by atoms with Crippen molar-refractivity contribution in [3.63, 3.8) is 0 Å². The summed E-state index contributed by atoms with van der Waals surface area (Å²) in [6.45, 7) is 4.97. The largest absolute Gasteiger partial charge is 0.457 e. The Kier molecular flexibility index (Phi) is 6.86. The van der Waals surface area contributed by atoms with Gasteiger partial charge < -0.3 is 24.4 Å². The van der Waals surface area contributed by atoms with Gasteiger partial charge in [0.1, 0.15) is 18.1 Å². The number of benzene rings is 2. The predicted molar refractivity (Wildman–Crippen MR) is 160 cm³/mol. The Balaban J connectivity index is 1.16. The van der Waals surface area contributed by atoms with E-state index in [2.05, 4.69) is 6.92 Å². The van der Waals surface area contributed by atoms with Crippen molar-refractivity contribution in [3.05, 3.63) is 83.5 Å². The van der Waals surface area contributed by atoms with Crippen LogP contribution >= 0.6 is 0 Å². The van der Waals surface area contributed by atoms with Crippen LogP contribution in [0.4, 0.5) is 0 Å². The van der Waals surface area contributed by atoms with Gasteiger partial charge in [0.2, 0.25) is 0 Å². The number of ether oxygens (including phenoxy) is 3. The number of hydrogen-bond donors (Lipinski definition) is 2. The number of carbonyl (C=O) groups excluding carboxylic acids is 3. The second-order valence-electron chi connectivity index (χ2n) is 13.6. The van der Waals surface area contributed by atoms with E-state index in [0.29, 0.717) is 35.5 Å². The zero-order chi connectivity index (χ0) is 31.0. The molecule has 1 aliphatic heterocycles. The van der Waals surface area contributed by atoms with Gasteiger partial charge in [-0.1, -0.05) is 49.8 Å². The topological polar surface area (TPSA) is 119 Å². The second-order valence-corrected chi connectivity index (χ2v) is 13.6. The second kappa shape index (κ2) is 10.3. The summed E-state index contributed by atoms with van der Waals surface area (Å²) in [6.07, 6.45) is 5.65. The summed E-state index contributed by atoms with van der Waals surface area (Å²) in [5.41, 5.74) is -0.247. The van der Waals surface area contributed by atoms with E-state index in [1.54, 1.807) is 48.6 Å². The highest BCUT2D eigenvalue weighted by Crippen LogP contribution is 2.70. The summed E-state index contributed by atoms with van der Waals surface area (Å²) in [7, 11) is 0. The molecule has 8 nitrogen and oxygen atoms in total. The molecule has 0 radical (unpaired) electrons. The van der Waals surface area contributed by atoms with Crippen molar-refractivity contribution < 1.29 is 38.8 Å². The van der Waals surface area contributed by atoms with Crippen LogP contribution in [-0.2, 0) is 19.1 Å². The predicted octanol–water partition coefficient (Wildman–Crippen LogP) is 5.28. The fourth-order valence-corrected chi connectivity index (χ4v) is 9.44. The molecule has 8 heteroatoms. The first kappa shape index (κ1) is 29.3. The summed E-state index contributed by atoms with van der Waals surface area (Å²) >= 11 is 0. The molecule has 2 aromatic carbocycles. The molecule has 230 valence electrons. The maximum Gasteiger partial charge on any atom is 0.193 e. The van der Waals surface area contributed by atoms with E-state index in [1.165, 1.54) is 6.92 Å². The van der Waals surface area contributed by atoms with E-state index in [4.69, 9.17) is 14.2 Å². The zero-order valence-corrected chi connectivity index (χ0v) is 25.2. The molecule has 0 spiro atoms. The summed E-state index contributed by atoms with van der Waals surface area (Å²) in [5.74, 6) is 0.676. The lowest BCUT2D eigenvalue weighted by atomic mass is 9.46. The van der Waals surface area contributed by atoms with E-state index >= 15 is 0 Å². The van der Waals surface area contributed by atoms with E-state index in [9.17, 15) is 24.6 Å². The summed E-state index contributed by atoms with van der Waals surface area (Å²) in [5, 5.41) is 22.0. The van der Waals surface area contributed by atoms with E-state index < -0.39 is 47.3 Å². The smallest absolute Gasteiger partial charge is 0.193 e. The molecule has 5 aliphatic rings. The number of hydrogen-bond acceptors (Lipinski definition) is 8. The number of aliphatic hydroxyl groups is 2.